The van der Waals surface area contributed by atoms with Gasteiger partial charge in [0.25, 0.3) is 0 Å². The highest BCUT2D eigenvalue weighted by atomic mass is 16.5. The van der Waals surface area contributed by atoms with Crippen LogP contribution in [0.2, 0.25) is 0 Å². The first-order valence-corrected chi connectivity index (χ1v) is 4.30. The van der Waals surface area contributed by atoms with Crippen molar-refractivity contribution >= 4 is 11.8 Å². The van der Waals surface area contributed by atoms with Crippen LogP contribution in [0.25, 0.3) is 0 Å². The zero-order chi connectivity index (χ0) is 11.3. The maximum atomic E-state index is 11.3. The molecule has 0 saturated heterocycles. The van der Waals surface area contributed by atoms with Crippen LogP contribution in [-0.2, 0) is 16.1 Å². The lowest BCUT2D eigenvalue weighted by molar-refractivity contribution is -0.126. The van der Waals surface area contributed by atoms with Crippen LogP contribution in [0.5, 0.6) is 0 Å². The topological polar surface area (TPSA) is 124 Å². The van der Waals surface area contributed by atoms with E-state index in [1.807, 2.05) is 0 Å². The number of carbonyl (C=O) groups is 2. The van der Waals surface area contributed by atoms with E-state index in [2.05, 4.69) is 15.0 Å². The summed E-state index contributed by atoms with van der Waals surface area (Å²) in [5, 5.41) is 6.08. The van der Waals surface area contributed by atoms with Crippen LogP contribution in [0.1, 0.15) is 12.1 Å². The quantitative estimate of drug-likeness (QED) is 0.547. The molecule has 7 heteroatoms. The minimum atomic E-state index is -0.922. The van der Waals surface area contributed by atoms with E-state index < -0.39 is 17.9 Å². The Morgan fingerprint density at radius 1 is 1.60 bits per heavy atom. The summed E-state index contributed by atoms with van der Waals surface area (Å²) in [6.07, 6.45) is 1.22. The molecule has 15 heavy (non-hydrogen) atoms. The molecular weight excluding hydrogens is 200 g/mol. The fourth-order valence-corrected chi connectivity index (χ4v) is 0.947. The number of carbonyl (C=O) groups excluding carboxylic acids is 2. The van der Waals surface area contributed by atoms with Gasteiger partial charge in [0.2, 0.25) is 11.8 Å². The van der Waals surface area contributed by atoms with Gasteiger partial charge < -0.3 is 21.3 Å². The molecule has 0 radical (unpaired) electrons. The zero-order valence-corrected chi connectivity index (χ0v) is 7.97. The lowest BCUT2D eigenvalue weighted by atomic mass is 10.2. The average molecular weight is 212 g/mol. The fourth-order valence-electron chi connectivity index (χ4n) is 0.947. The monoisotopic (exact) mass is 212 g/mol. The molecule has 0 aliphatic rings. The number of nitrogens with zero attached hydrogens (tertiary/aromatic N) is 1. The first-order chi connectivity index (χ1) is 7.09. The van der Waals surface area contributed by atoms with Gasteiger partial charge >= 0.3 is 0 Å². The molecule has 7 nitrogen and oxygen atoms in total. The molecule has 0 aliphatic carbocycles. The summed E-state index contributed by atoms with van der Waals surface area (Å²) in [6.45, 7) is 0.210. The van der Waals surface area contributed by atoms with Gasteiger partial charge in [0.05, 0.1) is 19.0 Å². The molecule has 2 amide bonds. The third kappa shape index (κ3) is 3.77. The summed E-state index contributed by atoms with van der Waals surface area (Å²) in [6, 6.07) is 0.689. The van der Waals surface area contributed by atoms with Gasteiger partial charge in [-0.15, -0.1) is 0 Å². The second-order valence-electron chi connectivity index (χ2n) is 2.99. The van der Waals surface area contributed by atoms with Gasteiger partial charge in [-0.3, -0.25) is 9.59 Å². The number of nitrogens with two attached hydrogens (primary N) is 2. The lowest BCUT2D eigenvalue weighted by Gasteiger charge is -2.08. The van der Waals surface area contributed by atoms with Crippen molar-refractivity contribution in [3.63, 3.8) is 0 Å². The Bertz CT molecular complexity index is 336. The Kier molecular flexibility index (Phi) is 3.81. The second-order valence-corrected chi connectivity index (χ2v) is 2.99. The van der Waals surface area contributed by atoms with E-state index in [1.165, 1.54) is 6.26 Å². The average Bonchev–Trinajstić information content (AvgIpc) is 2.65. The number of hydrogen-bond acceptors (Lipinski definition) is 5. The molecule has 0 spiro atoms. The van der Waals surface area contributed by atoms with Crippen LogP contribution in [-0.4, -0.2) is 23.0 Å². The van der Waals surface area contributed by atoms with Gasteiger partial charge in [0.15, 0.2) is 0 Å². The Labute approximate surface area is 85.8 Å². The molecule has 0 bridgehead atoms. The first-order valence-electron chi connectivity index (χ1n) is 4.30. The summed E-state index contributed by atoms with van der Waals surface area (Å²) >= 11 is 0. The van der Waals surface area contributed by atoms with Gasteiger partial charge in [-0.05, 0) is 0 Å². The van der Waals surface area contributed by atoms with Crippen LogP contribution in [0.3, 0.4) is 0 Å². The Morgan fingerprint density at radius 2 is 2.33 bits per heavy atom. The molecule has 0 aromatic carbocycles. The second kappa shape index (κ2) is 5.11. The van der Waals surface area contributed by atoms with E-state index in [-0.39, 0.29) is 13.0 Å². The van der Waals surface area contributed by atoms with E-state index in [0.717, 1.165) is 0 Å². The summed E-state index contributed by atoms with van der Waals surface area (Å²) < 4.78 is 4.57. The molecule has 1 heterocycles. The highest BCUT2D eigenvalue weighted by Crippen LogP contribution is 1.94. The molecular formula is C8H12N4O3. The third-order valence-electron chi connectivity index (χ3n) is 1.69. The Hall–Kier alpha value is -1.89. The van der Waals surface area contributed by atoms with E-state index in [9.17, 15) is 9.59 Å². The molecule has 0 aliphatic heterocycles. The largest absolute Gasteiger partial charge is 0.370 e. The van der Waals surface area contributed by atoms with E-state index >= 15 is 0 Å². The predicted molar refractivity (Wildman–Crippen MR) is 50.1 cm³/mol. The smallest absolute Gasteiger partial charge is 0.237 e. The van der Waals surface area contributed by atoms with E-state index in [1.54, 1.807) is 6.07 Å². The van der Waals surface area contributed by atoms with Crippen LogP contribution < -0.4 is 16.8 Å². The number of rotatable bonds is 5. The van der Waals surface area contributed by atoms with Gasteiger partial charge in [0.1, 0.15) is 12.0 Å². The maximum absolute atomic E-state index is 11.3. The Morgan fingerprint density at radius 3 is 2.87 bits per heavy atom. The van der Waals surface area contributed by atoms with Crippen LogP contribution >= 0.6 is 0 Å². The number of hydrogen-bond donors (Lipinski definition) is 3. The maximum Gasteiger partial charge on any atom is 0.237 e. The molecule has 0 saturated carbocycles. The molecule has 82 valence electrons. The number of amides is 2. The van der Waals surface area contributed by atoms with Crippen LogP contribution in [0.4, 0.5) is 0 Å². The standard InChI is InChI=1S/C8H12N4O3/c9-6(3-7(10)13)8(14)11-4-5-1-2-15-12-5/h1-2,6H,3-4,9H2,(H2,10,13)(H,11,14). The summed E-state index contributed by atoms with van der Waals surface area (Å²) in [5.74, 6) is -1.06. The molecule has 5 N–H and O–H groups in total. The van der Waals surface area contributed by atoms with Crippen molar-refractivity contribution in [1.29, 1.82) is 0 Å². The van der Waals surface area contributed by atoms with Crippen molar-refractivity contribution in [2.45, 2.75) is 19.0 Å². The highest BCUT2D eigenvalue weighted by molar-refractivity contribution is 5.87. The number of aromatic nitrogens is 1. The number of nitrogens with one attached hydrogen (secondary N) is 1. The molecule has 1 aromatic heterocycles. The minimum Gasteiger partial charge on any atom is -0.370 e. The van der Waals surface area contributed by atoms with Crippen LogP contribution in [0, 0.1) is 0 Å². The molecule has 1 atom stereocenters. The lowest BCUT2D eigenvalue weighted by Crippen LogP contribution is -2.42. The van der Waals surface area contributed by atoms with Gasteiger partial charge in [-0.25, -0.2) is 0 Å². The van der Waals surface area contributed by atoms with Gasteiger partial charge in [-0.2, -0.15) is 0 Å². The van der Waals surface area contributed by atoms with Crippen LogP contribution in [0.15, 0.2) is 16.9 Å². The summed E-state index contributed by atoms with van der Waals surface area (Å²) in [7, 11) is 0. The fraction of sp³-hybridized carbons (Fsp3) is 0.375. The molecule has 1 aromatic rings. The Balaban J connectivity index is 2.32. The van der Waals surface area contributed by atoms with E-state index in [4.69, 9.17) is 11.5 Å². The zero-order valence-electron chi connectivity index (χ0n) is 7.97. The summed E-state index contributed by atoms with van der Waals surface area (Å²) in [5.41, 5.74) is 10.9. The third-order valence-corrected chi connectivity index (χ3v) is 1.69. The van der Waals surface area contributed by atoms with E-state index in [0.29, 0.717) is 5.69 Å². The van der Waals surface area contributed by atoms with Crippen molar-refractivity contribution in [2.75, 3.05) is 0 Å². The molecule has 1 rings (SSSR count). The van der Waals surface area contributed by atoms with Gasteiger partial charge in [-0.1, -0.05) is 5.16 Å². The van der Waals surface area contributed by atoms with Crippen molar-refractivity contribution in [3.05, 3.63) is 18.0 Å². The minimum absolute atomic E-state index is 0.176. The van der Waals surface area contributed by atoms with Gasteiger partial charge in [0, 0.05) is 6.07 Å². The van der Waals surface area contributed by atoms with Crippen molar-refractivity contribution in [1.82, 2.24) is 10.5 Å². The van der Waals surface area contributed by atoms with Crippen molar-refractivity contribution in [3.8, 4) is 0 Å². The number of primary amides is 1. The predicted octanol–water partition coefficient (Wildman–Crippen LogP) is -1.51. The summed E-state index contributed by atoms with van der Waals surface area (Å²) in [4.78, 5) is 21.8. The molecule has 1 unspecified atom stereocenters. The van der Waals surface area contributed by atoms with Crippen molar-refractivity contribution < 1.29 is 14.1 Å². The first kappa shape index (κ1) is 11.2. The normalized spacial score (nSPS) is 12.1. The highest BCUT2D eigenvalue weighted by Gasteiger charge is 2.15. The van der Waals surface area contributed by atoms with Crippen molar-refractivity contribution in [2.24, 2.45) is 11.5 Å². The molecule has 0 fully saturated rings. The SMILES string of the molecule is NC(=O)CC(N)C(=O)NCc1ccon1.